The Hall–Kier alpha value is -3.97. The highest BCUT2D eigenvalue weighted by Gasteiger charge is 2.09. The molecule has 7 heteroatoms. The molecule has 0 amide bonds. The van der Waals surface area contributed by atoms with Gasteiger partial charge in [0, 0.05) is 5.56 Å². The van der Waals surface area contributed by atoms with E-state index in [0.29, 0.717) is 17.2 Å². The maximum Gasteiger partial charge on any atom is 0.256 e. The molecule has 32 heavy (non-hydrogen) atoms. The molecule has 0 fully saturated rings. The molecular formula is C25H19FN2O3S. The highest BCUT2D eigenvalue weighted by molar-refractivity contribution is 7.95. The zero-order valence-corrected chi connectivity index (χ0v) is 17.7. The fraction of sp³-hybridized carbons (Fsp3) is 0. The topological polar surface area (TPSA) is 68.3 Å². The van der Waals surface area contributed by atoms with E-state index >= 15 is 0 Å². The van der Waals surface area contributed by atoms with Crippen molar-refractivity contribution in [3.63, 3.8) is 0 Å². The molecule has 0 aliphatic carbocycles. The maximum absolute atomic E-state index is 13.0. The first-order valence-corrected chi connectivity index (χ1v) is 11.3. The molecule has 0 saturated carbocycles. The minimum absolute atomic E-state index is 0.215. The molecule has 0 aliphatic rings. The average molecular weight is 447 g/mol. The first-order chi connectivity index (χ1) is 15.5. The summed E-state index contributed by atoms with van der Waals surface area (Å²) in [5.41, 5.74) is 2.17. The summed E-state index contributed by atoms with van der Waals surface area (Å²) in [4.78, 5) is 4.40. The molecular weight excluding hydrogens is 427 g/mol. The van der Waals surface area contributed by atoms with Gasteiger partial charge in [0.1, 0.15) is 23.1 Å². The number of benzene rings is 3. The third-order valence-electron chi connectivity index (χ3n) is 4.43. The first kappa shape index (κ1) is 21.3. The number of nitrogens with one attached hydrogen (secondary N) is 1. The predicted octanol–water partition coefficient (Wildman–Crippen LogP) is 6.09. The zero-order chi connectivity index (χ0) is 22.4. The number of anilines is 1. The molecule has 1 aromatic heterocycles. The van der Waals surface area contributed by atoms with Crippen LogP contribution in [0.25, 0.3) is 17.3 Å². The van der Waals surface area contributed by atoms with E-state index in [9.17, 15) is 12.8 Å². The Labute approximate surface area is 185 Å². The second-order valence-corrected chi connectivity index (χ2v) is 8.42. The third-order valence-corrected chi connectivity index (χ3v) is 5.42. The van der Waals surface area contributed by atoms with Crippen molar-refractivity contribution in [2.75, 3.05) is 4.72 Å². The van der Waals surface area contributed by atoms with E-state index in [4.69, 9.17) is 4.74 Å². The second-order valence-electron chi connectivity index (χ2n) is 6.85. The van der Waals surface area contributed by atoms with Crippen LogP contribution in [0.4, 0.5) is 10.2 Å². The minimum atomic E-state index is -3.72. The number of rotatable bonds is 7. The van der Waals surface area contributed by atoms with Gasteiger partial charge >= 0.3 is 0 Å². The normalized spacial score (nSPS) is 11.4. The number of hydrogen-bond donors (Lipinski definition) is 1. The lowest BCUT2D eigenvalue weighted by molar-refractivity contribution is 0.480. The van der Waals surface area contributed by atoms with Crippen molar-refractivity contribution in [3.8, 4) is 22.8 Å². The van der Waals surface area contributed by atoms with Gasteiger partial charge in [-0.05, 0) is 72.3 Å². The minimum Gasteiger partial charge on any atom is -0.457 e. The van der Waals surface area contributed by atoms with Crippen molar-refractivity contribution in [1.82, 2.24) is 4.98 Å². The van der Waals surface area contributed by atoms with Crippen LogP contribution >= 0.6 is 0 Å². The molecule has 0 bridgehead atoms. The van der Waals surface area contributed by atoms with E-state index in [1.54, 1.807) is 42.5 Å². The lowest BCUT2D eigenvalue weighted by Crippen LogP contribution is -2.10. The Morgan fingerprint density at radius 3 is 2.12 bits per heavy atom. The second kappa shape index (κ2) is 9.45. The monoisotopic (exact) mass is 446 g/mol. The summed E-state index contributed by atoms with van der Waals surface area (Å²) in [5, 5.41) is 1.11. The molecule has 0 radical (unpaired) electrons. The van der Waals surface area contributed by atoms with Crippen molar-refractivity contribution in [2.45, 2.75) is 0 Å². The smallest absolute Gasteiger partial charge is 0.256 e. The Kier molecular flexibility index (Phi) is 6.28. The van der Waals surface area contributed by atoms with Crippen LogP contribution in [0.15, 0.2) is 102 Å². The number of halogens is 1. The molecule has 0 aliphatic heterocycles. The Bertz CT molecular complexity index is 1320. The van der Waals surface area contributed by atoms with Gasteiger partial charge in [0.25, 0.3) is 10.0 Å². The molecule has 3 aromatic carbocycles. The number of nitrogens with zero attached hydrogens (tertiary/aromatic N) is 1. The van der Waals surface area contributed by atoms with Crippen molar-refractivity contribution in [3.05, 3.63) is 114 Å². The quantitative estimate of drug-likeness (QED) is 0.373. The van der Waals surface area contributed by atoms with Crippen LogP contribution < -0.4 is 9.46 Å². The van der Waals surface area contributed by atoms with Crippen molar-refractivity contribution in [1.29, 1.82) is 0 Å². The zero-order valence-electron chi connectivity index (χ0n) is 16.9. The molecule has 0 unspecified atom stereocenters. The molecule has 4 rings (SSSR count). The Balaban J connectivity index is 1.46. The van der Waals surface area contributed by atoms with Crippen LogP contribution in [0.2, 0.25) is 0 Å². The highest BCUT2D eigenvalue weighted by Crippen LogP contribution is 2.26. The van der Waals surface area contributed by atoms with Gasteiger partial charge in [-0.15, -0.1) is 0 Å². The summed E-state index contributed by atoms with van der Waals surface area (Å²) in [6.45, 7) is 0. The molecule has 0 atom stereocenters. The summed E-state index contributed by atoms with van der Waals surface area (Å²) in [7, 11) is -3.72. The number of ether oxygens (including phenoxy) is 1. The van der Waals surface area contributed by atoms with Gasteiger partial charge in [-0.25, -0.2) is 17.8 Å². The SMILES string of the molecule is O=S(=O)(C=Cc1ccccc1)Nc1cccc(-c2ccc(Oc3ccc(F)cc3)cc2)n1. The van der Waals surface area contributed by atoms with E-state index in [-0.39, 0.29) is 11.6 Å². The van der Waals surface area contributed by atoms with Crippen molar-refractivity contribution < 1.29 is 17.5 Å². The van der Waals surface area contributed by atoms with Gasteiger partial charge in [-0.2, -0.15) is 0 Å². The van der Waals surface area contributed by atoms with E-state index in [1.807, 2.05) is 42.5 Å². The predicted molar refractivity (Wildman–Crippen MR) is 124 cm³/mol. The van der Waals surface area contributed by atoms with E-state index < -0.39 is 10.0 Å². The number of sulfonamides is 1. The average Bonchev–Trinajstić information content (AvgIpc) is 2.80. The van der Waals surface area contributed by atoms with E-state index in [0.717, 1.165) is 16.5 Å². The van der Waals surface area contributed by atoms with Crippen LogP contribution in [0.5, 0.6) is 11.5 Å². The van der Waals surface area contributed by atoms with E-state index in [2.05, 4.69) is 9.71 Å². The fourth-order valence-electron chi connectivity index (χ4n) is 2.90. The summed E-state index contributed by atoms with van der Waals surface area (Å²) < 4.78 is 45.9. The maximum atomic E-state index is 13.0. The number of hydrogen-bond acceptors (Lipinski definition) is 4. The molecule has 1 N–H and O–H groups in total. The lowest BCUT2D eigenvalue weighted by atomic mass is 10.1. The van der Waals surface area contributed by atoms with Crippen LogP contribution in [0.1, 0.15) is 5.56 Å². The summed E-state index contributed by atoms with van der Waals surface area (Å²) in [5.74, 6) is 0.997. The number of aromatic nitrogens is 1. The molecule has 0 saturated heterocycles. The van der Waals surface area contributed by atoms with Crippen LogP contribution in [-0.4, -0.2) is 13.4 Å². The van der Waals surface area contributed by atoms with Gasteiger partial charge in [0.15, 0.2) is 0 Å². The van der Waals surface area contributed by atoms with Gasteiger partial charge in [0.2, 0.25) is 0 Å². The van der Waals surface area contributed by atoms with Crippen molar-refractivity contribution in [2.24, 2.45) is 0 Å². The summed E-state index contributed by atoms with van der Waals surface area (Å²) in [6.07, 6.45) is 1.52. The molecule has 0 spiro atoms. The Morgan fingerprint density at radius 2 is 1.44 bits per heavy atom. The first-order valence-electron chi connectivity index (χ1n) is 9.74. The lowest BCUT2D eigenvalue weighted by Gasteiger charge is -2.08. The molecule has 160 valence electrons. The van der Waals surface area contributed by atoms with Gasteiger partial charge in [-0.1, -0.05) is 36.4 Å². The third kappa shape index (κ3) is 5.80. The standard InChI is InChI=1S/C25H19FN2O3S/c26-21-11-15-23(16-12-21)31-22-13-9-20(10-14-22)24-7-4-8-25(27-24)28-32(29,30)18-17-19-5-2-1-3-6-19/h1-18H,(H,27,28). The van der Waals surface area contributed by atoms with Crippen molar-refractivity contribution >= 4 is 21.9 Å². The number of pyridine rings is 1. The van der Waals surface area contributed by atoms with Gasteiger partial charge < -0.3 is 4.74 Å². The van der Waals surface area contributed by atoms with Crippen LogP contribution in [0.3, 0.4) is 0 Å². The summed E-state index contributed by atoms with van der Waals surface area (Å²) >= 11 is 0. The molecule has 4 aromatic rings. The highest BCUT2D eigenvalue weighted by atomic mass is 32.2. The van der Waals surface area contributed by atoms with Gasteiger partial charge in [0.05, 0.1) is 11.1 Å². The van der Waals surface area contributed by atoms with Gasteiger partial charge in [-0.3, -0.25) is 4.72 Å². The van der Waals surface area contributed by atoms with E-state index in [1.165, 1.54) is 18.2 Å². The fourth-order valence-corrected chi connectivity index (χ4v) is 3.71. The Morgan fingerprint density at radius 1 is 0.781 bits per heavy atom. The largest absolute Gasteiger partial charge is 0.457 e. The van der Waals surface area contributed by atoms with Crippen LogP contribution in [0, 0.1) is 5.82 Å². The molecule has 5 nitrogen and oxygen atoms in total. The van der Waals surface area contributed by atoms with Crippen LogP contribution in [-0.2, 0) is 10.0 Å². The summed E-state index contributed by atoms with van der Waals surface area (Å²) in [6, 6.07) is 27.2. The molecule has 1 heterocycles.